The van der Waals surface area contributed by atoms with E-state index in [4.69, 9.17) is 5.26 Å². The molecule has 0 fully saturated rings. The number of rotatable bonds is 1. The molecule has 1 heterocycles. The van der Waals surface area contributed by atoms with Gasteiger partial charge in [-0.3, -0.25) is 0 Å². The highest BCUT2D eigenvalue weighted by molar-refractivity contribution is 5.28. The Morgan fingerprint density at radius 3 is 2.33 bits per heavy atom. The molecule has 3 nitrogen and oxygen atoms in total. The number of aromatic nitrogens is 2. The lowest BCUT2D eigenvalue weighted by Crippen LogP contribution is -2.00. The standard InChI is InChI=1S/C9H13N3/c1-6(2)9-11-8(5-10)7(3)12(9)4/h6H,1-4H3. The van der Waals surface area contributed by atoms with Crippen LogP contribution in [0.25, 0.3) is 0 Å². The fourth-order valence-electron chi connectivity index (χ4n) is 1.22. The van der Waals surface area contributed by atoms with E-state index in [0.717, 1.165) is 11.5 Å². The molecule has 0 saturated heterocycles. The molecule has 0 aliphatic carbocycles. The summed E-state index contributed by atoms with van der Waals surface area (Å²) in [6, 6.07) is 2.08. The van der Waals surface area contributed by atoms with E-state index in [-0.39, 0.29) is 0 Å². The zero-order valence-electron chi connectivity index (χ0n) is 7.92. The van der Waals surface area contributed by atoms with Gasteiger partial charge in [0, 0.05) is 13.0 Å². The van der Waals surface area contributed by atoms with E-state index < -0.39 is 0 Å². The molecule has 0 N–H and O–H groups in total. The Morgan fingerprint density at radius 2 is 2.08 bits per heavy atom. The van der Waals surface area contributed by atoms with Gasteiger partial charge in [-0.1, -0.05) is 13.8 Å². The molecule has 0 radical (unpaired) electrons. The molecular formula is C9H13N3. The second-order valence-electron chi connectivity index (χ2n) is 3.23. The smallest absolute Gasteiger partial charge is 0.161 e. The summed E-state index contributed by atoms with van der Waals surface area (Å²) < 4.78 is 1.98. The van der Waals surface area contributed by atoms with E-state index in [9.17, 15) is 0 Å². The molecule has 1 rings (SSSR count). The molecule has 0 amide bonds. The molecule has 3 heteroatoms. The minimum absolute atomic E-state index is 0.371. The van der Waals surface area contributed by atoms with Crippen molar-refractivity contribution in [2.24, 2.45) is 7.05 Å². The second kappa shape index (κ2) is 2.98. The van der Waals surface area contributed by atoms with Gasteiger partial charge in [-0.15, -0.1) is 0 Å². The number of hydrogen-bond donors (Lipinski definition) is 0. The lowest BCUT2D eigenvalue weighted by atomic mass is 10.2. The van der Waals surface area contributed by atoms with E-state index in [1.807, 2.05) is 18.5 Å². The third-order valence-electron chi connectivity index (χ3n) is 2.04. The maximum Gasteiger partial charge on any atom is 0.161 e. The number of nitrogens with zero attached hydrogens (tertiary/aromatic N) is 3. The highest BCUT2D eigenvalue weighted by Gasteiger charge is 2.12. The zero-order valence-corrected chi connectivity index (χ0v) is 7.92. The average Bonchev–Trinajstić information content (AvgIpc) is 2.30. The van der Waals surface area contributed by atoms with Crippen LogP contribution in [0.15, 0.2) is 0 Å². The van der Waals surface area contributed by atoms with Crippen molar-refractivity contribution in [1.82, 2.24) is 9.55 Å². The first-order chi connectivity index (χ1) is 5.57. The van der Waals surface area contributed by atoms with Crippen LogP contribution in [-0.2, 0) is 7.05 Å². The van der Waals surface area contributed by atoms with Crippen LogP contribution in [0.4, 0.5) is 0 Å². The molecule has 0 bridgehead atoms. The summed E-state index contributed by atoms with van der Waals surface area (Å²) in [6.45, 7) is 6.06. The third-order valence-corrected chi connectivity index (χ3v) is 2.04. The minimum Gasteiger partial charge on any atom is -0.334 e. The normalized spacial score (nSPS) is 10.3. The molecule has 1 aromatic rings. The van der Waals surface area contributed by atoms with E-state index >= 15 is 0 Å². The maximum atomic E-state index is 8.71. The Morgan fingerprint density at radius 1 is 1.50 bits per heavy atom. The summed E-state index contributed by atoms with van der Waals surface area (Å²) in [5, 5.41) is 8.71. The molecule has 0 aliphatic rings. The monoisotopic (exact) mass is 163 g/mol. The zero-order chi connectivity index (χ0) is 9.30. The first kappa shape index (κ1) is 8.79. The van der Waals surface area contributed by atoms with E-state index in [2.05, 4.69) is 24.9 Å². The van der Waals surface area contributed by atoms with Crippen LogP contribution in [0.3, 0.4) is 0 Å². The molecule has 12 heavy (non-hydrogen) atoms. The van der Waals surface area contributed by atoms with E-state index in [0.29, 0.717) is 11.6 Å². The topological polar surface area (TPSA) is 41.6 Å². The lowest BCUT2D eigenvalue weighted by molar-refractivity contribution is 0.700. The fraction of sp³-hybridized carbons (Fsp3) is 0.556. The minimum atomic E-state index is 0.371. The average molecular weight is 163 g/mol. The molecule has 1 aromatic heterocycles. The Kier molecular flexibility index (Phi) is 2.18. The predicted octanol–water partition coefficient (Wildman–Crippen LogP) is 1.72. The Labute approximate surface area is 72.7 Å². The molecule has 0 spiro atoms. The lowest BCUT2D eigenvalue weighted by Gasteiger charge is -2.04. The summed E-state index contributed by atoms with van der Waals surface area (Å²) in [4.78, 5) is 4.23. The summed E-state index contributed by atoms with van der Waals surface area (Å²) in [5.41, 5.74) is 1.49. The quantitative estimate of drug-likeness (QED) is 0.632. The van der Waals surface area contributed by atoms with Crippen molar-refractivity contribution in [3.05, 3.63) is 17.2 Å². The summed E-state index contributed by atoms with van der Waals surface area (Å²) in [5.74, 6) is 1.35. The van der Waals surface area contributed by atoms with Gasteiger partial charge in [0.15, 0.2) is 5.69 Å². The summed E-state index contributed by atoms with van der Waals surface area (Å²) in [7, 11) is 1.94. The van der Waals surface area contributed by atoms with Crippen molar-refractivity contribution in [1.29, 1.82) is 5.26 Å². The van der Waals surface area contributed by atoms with E-state index in [1.165, 1.54) is 0 Å². The molecule has 0 aliphatic heterocycles. The first-order valence-corrected chi connectivity index (χ1v) is 4.01. The van der Waals surface area contributed by atoms with Gasteiger partial charge in [0.05, 0.1) is 5.69 Å². The van der Waals surface area contributed by atoms with Crippen LogP contribution in [0, 0.1) is 18.3 Å². The Hall–Kier alpha value is -1.30. The van der Waals surface area contributed by atoms with Crippen molar-refractivity contribution in [3.63, 3.8) is 0 Å². The fourth-order valence-corrected chi connectivity index (χ4v) is 1.22. The van der Waals surface area contributed by atoms with Crippen LogP contribution >= 0.6 is 0 Å². The van der Waals surface area contributed by atoms with Crippen LogP contribution in [0.2, 0.25) is 0 Å². The number of imidazole rings is 1. The molecule has 0 atom stereocenters. The molecule has 0 saturated carbocycles. The van der Waals surface area contributed by atoms with Gasteiger partial charge in [-0.05, 0) is 6.92 Å². The largest absolute Gasteiger partial charge is 0.334 e. The van der Waals surface area contributed by atoms with Crippen LogP contribution in [0.1, 0.15) is 37.0 Å². The van der Waals surface area contributed by atoms with Crippen molar-refractivity contribution < 1.29 is 0 Å². The summed E-state index contributed by atoms with van der Waals surface area (Å²) in [6.07, 6.45) is 0. The first-order valence-electron chi connectivity index (χ1n) is 4.01. The van der Waals surface area contributed by atoms with Crippen LogP contribution in [-0.4, -0.2) is 9.55 Å². The Bertz CT molecular complexity index is 328. The van der Waals surface area contributed by atoms with Gasteiger partial charge in [-0.25, -0.2) is 4.98 Å². The van der Waals surface area contributed by atoms with Crippen molar-refractivity contribution in [2.75, 3.05) is 0 Å². The van der Waals surface area contributed by atoms with Gasteiger partial charge in [0.1, 0.15) is 11.9 Å². The molecule has 0 aromatic carbocycles. The SMILES string of the molecule is Cc1c(C#N)nc(C(C)C)n1C. The summed E-state index contributed by atoms with van der Waals surface area (Å²) >= 11 is 0. The van der Waals surface area contributed by atoms with Crippen molar-refractivity contribution in [3.8, 4) is 6.07 Å². The van der Waals surface area contributed by atoms with Crippen molar-refractivity contribution in [2.45, 2.75) is 26.7 Å². The van der Waals surface area contributed by atoms with Crippen LogP contribution < -0.4 is 0 Å². The predicted molar refractivity (Wildman–Crippen MR) is 46.7 cm³/mol. The van der Waals surface area contributed by atoms with Gasteiger partial charge < -0.3 is 4.57 Å². The van der Waals surface area contributed by atoms with Gasteiger partial charge in [0.2, 0.25) is 0 Å². The maximum absolute atomic E-state index is 8.71. The molecular weight excluding hydrogens is 150 g/mol. The second-order valence-corrected chi connectivity index (χ2v) is 3.23. The number of hydrogen-bond acceptors (Lipinski definition) is 2. The van der Waals surface area contributed by atoms with E-state index in [1.54, 1.807) is 0 Å². The highest BCUT2D eigenvalue weighted by Crippen LogP contribution is 2.15. The third kappa shape index (κ3) is 1.20. The Balaban J connectivity index is 3.27. The van der Waals surface area contributed by atoms with Gasteiger partial charge >= 0.3 is 0 Å². The highest BCUT2D eigenvalue weighted by atomic mass is 15.1. The van der Waals surface area contributed by atoms with Crippen LogP contribution in [0.5, 0.6) is 0 Å². The molecule has 64 valence electrons. The van der Waals surface area contributed by atoms with Gasteiger partial charge in [0.25, 0.3) is 0 Å². The number of nitriles is 1. The molecule has 0 unspecified atom stereocenters. The van der Waals surface area contributed by atoms with Crippen molar-refractivity contribution >= 4 is 0 Å². The van der Waals surface area contributed by atoms with Gasteiger partial charge in [-0.2, -0.15) is 5.26 Å².